The van der Waals surface area contributed by atoms with Crippen LogP contribution in [0.25, 0.3) is 22.4 Å². The Bertz CT molecular complexity index is 922. The third-order valence-corrected chi connectivity index (χ3v) is 3.43. The van der Waals surface area contributed by atoms with Crippen molar-refractivity contribution >= 4 is 11.6 Å². The van der Waals surface area contributed by atoms with Gasteiger partial charge in [-0.3, -0.25) is 4.79 Å². The molecule has 0 bridgehead atoms. The number of alkyl halides is 2. The van der Waals surface area contributed by atoms with E-state index in [2.05, 4.69) is 15.1 Å². The highest BCUT2D eigenvalue weighted by Gasteiger charge is 2.19. The predicted molar refractivity (Wildman–Crippen MR) is 77.7 cm³/mol. The molecule has 0 aliphatic carbocycles. The number of nitrogens with zero attached hydrogens (tertiary/aromatic N) is 3. The van der Waals surface area contributed by atoms with Crippen LogP contribution in [-0.2, 0) is 0 Å². The maximum absolute atomic E-state index is 14.5. The maximum atomic E-state index is 14.5. The predicted octanol–water partition coefficient (Wildman–Crippen LogP) is 3.49. The average molecular weight is 341 g/mol. The number of benzene rings is 1. The minimum absolute atomic E-state index is 0.0357. The first-order chi connectivity index (χ1) is 11.0. The third-order valence-electron chi connectivity index (χ3n) is 3.14. The van der Waals surface area contributed by atoms with Crippen molar-refractivity contribution in [1.29, 1.82) is 0 Å². The van der Waals surface area contributed by atoms with Crippen molar-refractivity contribution in [2.75, 3.05) is 0 Å². The van der Waals surface area contributed by atoms with Crippen molar-refractivity contribution in [1.82, 2.24) is 19.7 Å². The monoisotopic (exact) mass is 340 g/mol. The Morgan fingerprint density at radius 1 is 1.30 bits per heavy atom. The summed E-state index contributed by atoms with van der Waals surface area (Å²) in [6.45, 7) is -2.82. The van der Waals surface area contributed by atoms with Crippen LogP contribution >= 0.6 is 11.6 Å². The zero-order chi connectivity index (χ0) is 16.6. The average Bonchev–Trinajstić information content (AvgIpc) is 2.99. The summed E-state index contributed by atoms with van der Waals surface area (Å²) >= 11 is 5.79. The number of aromatic nitrogens is 4. The number of halogens is 4. The van der Waals surface area contributed by atoms with Crippen molar-refractivity contribution in [3.8, 4) is 22.4 Å². The van der Waals surface area contributed by atoms with Gasteiger partial charge in [0.25, 0.3) is 5.56 Å². The van der Waals surface area contributed by atoms with Crippen molar-refractivity contribution in [3.63, 3.8) is 0 Å². The zero-order valence-electron chi connectivity index (χ0n) is 11.3. The largest absolute Gasteiger partial charge is 0.333 e. The summed E-state index contributed by atoms with van der Waals surface area (Å²) in [5, 5.41) is 3.35. The summed E-state index contributed by atoms with van der Waals surface area (Å²) in [6, 6.07) is 3.84. The summed E-state index contributed by atoms with van der Waals surface area (Å²) in [5.41, 5.74) is -0.00980. The van der Waals surface area contributed by atoms with Gasteiger partial charge < -0.3 is 4.98 Å². The lowest BCUT2D eigenvalue weighted by Crippen LogP contribution is -2.05. The summed E-state index contributed by atoms with van der Waals surface area (Å²) < 4.78 is 40.2. The fourth-order valence-corrected chi connectivity index (χ4v) is 2.29. The number of hydrogen-bond acceptors (Lipinski definition) is 3. The highest BCUT2D eigenvalue weighted by molar-refractivity contribution is 6.31. The molecule has 0 fully saturated rings. The minimum Gasteiger partial charge on any atom is -0.313 e. The van der Waals surface area contributed by atoms with E-state index < -0.39 is 17.9 Å². The van der Waals surface area contributed by atoms with Crippen LogP contribution in [0.2, 0.25) is 5.02 Å². The van der Waals surface area contributed by atoms with E-state index >= 15 is 0 Å². The van der Waals surface area contributed by atoms with E-state index in [9.17, 15) is 18.0 Å². The molecule has 1 aromatic carbocycles. The second-order valence-electron chi connectivity index (χ2n) is 4.57. The zero-order valence-corrected chi connectivity index (χ0v) is 12.1. The molecule has 23 heavy (non-hydrogen) atoms. The van der Waals surface area contributed by atoms with E-state index in [1.807, 2.05) is 0 Å². The molecule has 3 rings (SSSR count). The molecule has 5 nitrogen and oxygen atoms in total. The summed E-state index contributed by atoms with van der Waals surface area (Å²) in [5.74, 6) is -0.799. The van der Waals surface area contributed by atoms with Gasteiger partial charge in [0, 0.05) is 23.4 Å². The van der Waals surface area contributed by atoms with E-state index in [1.165, 1.54) is 18.3 Å². The highest BCUT2D eigenvalue weighted by Crippen LogP contribution is 2.36. The molecule has 3 aromatic rings. The molecule has 9 heteroatoms. The van der Waals surface area contributed by atoms with Crippen molar-refractivity contribution in [2.45, 2.75) is 6.55 Å². The first kappa shape index (κ1) is 15.3. The summed E-state index contributed by atoms with van der Waals surface area (Å²) in [4.78, 5) is 17.7. The topological polar surface area (TPSA) is 63.6 Å². The molecular formula is C14H8ClF3N4O. The molecule has 0 aliphatic rings. The number of aromatic amines is 1. The molecule has 118 valence electrons. The molecule has 0 saturated heterocycles. The lowest BCUT2D eigenvalue weighted by molar-refractivity contribution is 0.0566. The number of H-pyrrole nitrogens is 1. The Hall–Kier alpha value is -2.61. The Labute approximate surface area is 132 Å². The second-order valence-corrected chi connectivity index (χ2v) is 4.97. The Balaban J connectivity index is 2.25. The van der Waals surface area contributed by atoms with Crippen LogP contribution in [0, 0.1) is 5.82 Å². The van der Waals surface area contributed by atoms with E-state index in [1.54, 1.807) is 0 Å². The first-order valence-corrected chi connectivity index (χ1v) is 6.71. The van der Waals surface area contributed by atoms with Gasteiger partial charge >= 0.3 is 6.55 Å². The van der Waals surface area contributed by atoms with Gasteiger partial charge in [-0.05, 0) is 11.6 Å². The summed E-state index contributed by atoms with van der Waals surface area (Å²) in [6.07, 6.45) is 3.36. The van der Waals surface area contributed by atoms with Crippen LogP contribution in [0.5, 0.6) is 0 Å². The molecule has 0 aliphatic heterocycles. The van der Waals surface area contributed by atoms with E-state index in [4.69, 9.17) is 11.6 Å². The molecule has 0 spiro atoms. The number of nitrogens with one attached hydrogen (secondary N) is 1. The lowest BCUT2D eigenvalue weighted by Gasteiger charge is -2.10. The van der Waals surface area contributed by atoms with Gasteiger partial charge in [0.2, 0.25) is 0 Å². The maximum Gasteiger partial charge on any atom is 0.333 e. The molecule has 0 atom stereocenters. The Morgan fingerprint density at radius 2 is 2.09 bits per heavy atom. The van der Waals surface area contributed by atoms with Gasteiger partial charge in [-0.25, -0.2) is 14.1 Å². The van der Waals surface area contributed by atoms with Crippen LogP contribution in [0.1, 0.15) is 6.55 Å². The van der Waals surface area contributed by atoms with Gasteiger partial charge in [0.05, 0.1) is 23.2 Å². The molecule has 2 heterocycles. The van der Waals surface area contributed by atoms with Crippen molar-refractivity contribution in [2.24, 2.45) is 0 Å². The first-order valence-electron chi connectivity index (χ1n) is 6.33. The Morgan fingerprint density at radius 3 is 2.74 bits per heavy atom. The van der Waals surface area contributed by atoms with E-state index in [0.29, 0.717) is 4.68 Å². The Kier molecular flexibility index (Phi) is 3.91. The molecule has 0 radical (unpaired) electrons. The van der Waals surface area contributed by atoms with Gasteiger partial charge in [-0.15, -0.1) is 0 Å². The fourth-order valence-electron chi connectivity index (χ4n) is 2.13. The lowest BCUT2D eigenvalue weighted by atomic mass is 9.99. The normalized spacial score (nSPS) is 11.2. The van der Waals surface area contributed by atoms with Crippen LogP contribution in [0.3, 0.4) is 0 Å². The SMILES string of the molecule is O=c1cc(-c2c(-c3cnn(C(F)F)c3)ccc(Cl)c2F)nc[nH]1. The van der Waals surface area contributed by atoms with Gasteiger partial charge in [0.1, 0.15) is 0 Å². The van der Waals surface area contributed by atoms with Crippen LogP contribution < -0.4 is 5.56 Å². The molecule has 1 N–H and O–H groups in total. The van der Waals surface area contributed by atoms with Crippen LogP contribution in [0.4, 0.5) is 13.2 Å². The third kappa shape index (κ3) is 2.85. The highest BCUT2D eigenvalue weighted by atomic mass is 35.5. The van der Waals surface area contributed by atoms with Gasteiger partial charge in [-0.1, -0.05) is 17.7 Å². The molecule has 0 amide bonds. The van der Waals surface area contributed by atoms with Crippen molar-refractivity contribution < 1.29 is 13.2 Å². The minimum atomic E-state index is -2.82. The van der Waals surface area contributed by atoms with Gasteiger partial charge in [-0.2, -0.15) is 13.9 Å². The van der Waals surface area contributed by atoms with Gasteiger partial charge in [0.15, 0.2) is 5.82 Å². The molecule has 0 unspecified atom stereocenters. The standard InChI is InChI=1S/C14H8ClF3N4O/c15-9-2-1-8(7-4-21-22(5-7)14(17)18)12(13(9)16)10-3-11(23)20-6-19-10/h1-6,14H,(H,19,20,23). The van der Waals surface area contributed by atoms with Crippen LogP contribution in [0.15, 0.2) is 41.7 Å². The van der Waals surface area contributed by atoms with Crippen molar-refractivity contribution in [3.05, 3.63) is 58.1 Å². The second kappa shape index (κ2) is 5.88. The number of rotatable bonds is 3. The molecular weight excluding hydrogens is 333 g/mol. The van der Waals surface area contributed by atoms with E-state index in [0.717, 1.165) is 18.6 Å². The number of hydrogen-bond donors (Lipinski definition) is 1. The quantitative estimate of drug-likeness (QED) is 0.794. The molecule has 0 saturated carbocycles. The smallest absolute Gasteiger partial charge is 0.313 e. The molecule has 2 aromatic heterocycles. The summed E-state index contributed by atoms with van der Waals surface area (Å²) in [7, 11) is 0. The fraction of sp³-hybridized carbons (Fsp3) is 0.0714. The van der Waals surface area contributed by atoms with Crippen LogP contribution in [-0.4, -0.2) is 19.7 Å². The van der Waals surface area contributed by atoms with E-state index in [-0.39, 0.29) is 27.4 Å².